The molecule has 0 saturated carbocycles. The topological polar surface area (TPSA) is 224 Å². The predicted octanol–water partition coefficient (Wildman–Crippen LogP) is 6.99. The smallest absolute Gasteiger partial charge is 0.311 e. The molecule has 458 valence electrons. The molecular weight excluding hydrogens is 1030 g/mol. The summed E-state index contributed by atoms with van der Waals surface area (Å²) in [6.45, 7) is 27.5. The third kappa shape index (κ3) is 17.3. The maximum atomic E-state index is 13.8. The van der Waals surface area contributed by atoms with Gasteiger partial charge in [-0.3, -0.25) is 24.1 Å². The second kappa shape index (κ2) is 29.4. The number of carbonyl (C=O) groups excluding carboxylic acids is 4. The molecule has 18 heteroatoms. The molecule has 18 nitrogen and oxygen atoms in total. The quantitative estimate of drug-likeness (QED) is 0.0581. The van der Waals surface area contributed by atoms with Gasteiger partial charge in [-0.05, 0) is 137 Å². The first kappa shape index (κ1) is 67.3. The molecule has 0 spiro atoms. The first-order valence-electron chi connectivity index (χ1n) is 30.1. The summed E-state index contributed by atoms with van der Waals surface area (Å²) < 4.78 is 43.4. The van der Waals surface area contributed by atoms with Crippen LogP contribution >= 0.6 is 0 Å². The largest absolute Gasteiger partial charge is 0.497 e. The van der Waals surface area contributed by atoms with E-state index < -0.39 is 89.9 Å². The number of rotatable bonds is 19. The van der Waals surface area contributed by atoms with Gasteiger partial charge in [-0.25, -0.2) is 0 Å². The molecule has 3 aliphatic heterocycles. The monoisotopic (exact) mass is 1130 g/mol. The lowest BCUT2D eigenvalue weighted by Crippen LogP contribution is -2.63. The van der Waals surface area contributed by atoms with E-state index in [-0.39, 0.29) is 104 Å². The number of allylic oxidation sites excluding steroid dienone is 4. The lowest BCUT2D eigenvalue weighted by molar-refractivity contribution is -0.287. The lowest BCUT2D eigenvalue weighted by atomic mass is 9.65. The highest BCUT2D eigenvalue weighted by atomic mass is 16.7. The molecule has 0 bridgehead atoms. The van der Waals surface area contributed by atoms with Crippen molar-refractivity contribution in [1.82, 2.24) is 14.7 Å². The Morgan fingerprint density at radius 3 is 2.29 bits per heavy atom. The molecule has 5 aliphatic rings. The fourth-order valence-electron chi connectivity index (χ4n) is 13.5. The molecule has 80 heavy (non-hydrogen) atoms. The van der Waals surface area contributed by atoms with E-state index in [1.54, 1.807) is 34.6 Å². The van der Waals surface area contributed by atoms with Crippen molar-refractivity contribution in [2.45, 2.75) is 238 Å². The van der Waals surface area contributed by atoms with Crippen LogP contribution in [0.2, 0.25) is 0 Å². The van der Waals surface area contributed by atoms with Crippen molar-refractivity contribution in [2.75, 3.05) is 47.9 Å². The highest BCUT2D eigenvalue weighted by molar-refractivity contribution is 5.74. The zero-order valence-corrected chi connectivity index (χ0v) is 51.5. The minimum atomic E-state index is -1.79. The van der Waals surface area contributed by atoms with E-state index in [0.717, 1.165) is 19.3 Å². The van der Waals surface area contributed by atoms with Gasteiger partial charge in [0.2, 0.25) is 0 Å². The van der Waals surface area contributed by atoms with E-state index in [1.807, 2.05) is 65.7 Å². The molecule has 2 aliphatic carbocycles. The zero-order chi connectivity index (χ0) is 59.7. The van der Waals surface area contributed by atoms with Crippen molar-refractivity contribution in [3.8, 4) is 0 Å². The summed E-state index contributed by atoms with van der Waals surface area (Å²) in [5.74, 6) is -2.75. The minimum Gasteiger partial charge on any atom is -0.497 e. The van der Waals surface area contributed by atoms with Gasteiger partial charge in [0.05, 0.1) is 60.4 Å². The van der Waals surface area contributed by atoms with E-state index in [4.69, 9.17) is 33.2 Å². The maximum Gasteiger partial charge on any atom is 0.311 e. The molecule has 2 unspecified atom stereocenters. The summed E-state index contributed by atoms with van der Waals surface area (Å²) in [6.07, 6.45) is 4.24. The van der Waals surface area contributed by atoms with Crippen molar-refractivity contribution < 1.29 is 72.8 Å². The summed E-state index contributed by atoms with van der Waals surface area (Å²) in [7, 11) is 7.73. The number of hydrogen-bond acceptors (Lipinski definition) is 18. The number of esters is 4. The van der Waals surface area contributed by atoms with Gasteiger partial charge >= 0.3 is 23.9 Å². The molecule has 22 atom stereocenters. The standard InChI is InChI=1S/C62H105N3O15/c1-18-37(5)58(70)78-49-29-35(3)28-44-22-20-38(6)47(53(44)49)24-23-45-31-46(32-52(67)76-45)77-51(66)25-21-39(7)74-27-26-64(16)48-30-40(8)75-60(54(48)63(14)15)80-57-41(9)55(68)42(10)59(71)79-50(19-2)62(13,73)56(69)43(11)65(17)34-36(4)33-61(57,12)72/h20,22,28,35-38,40-43,45-50,53-57,60,68-69,72-73H,7,18-19,21,23-27,29-34H2,1-6,8-17H3/t35-,36+,37-,38-,40+,41-,42+,43+,45+,46+,47?,48+,49?,50+,53-,54-,55-,56+,57+,60-,61+,62+/m0/s1. The van der Waals surface area contributed by atoms with Crippen LogP contribution in [0.15, 0.2) is 36.1 Å². The molecule has 0 aromatic heterocycles. The third-order valence-electron chi connectivity index (χ3n) is 18.5. The van der Waals surface area contributed by atoms with Gasteiger partial charge < -0.3 is 63.4 Å². The van der Waals surface area contributed by atoms with Crippen LogP contribution < -0.4 is 0 Å². The first-order valence-corrected chi connectivity index (χ1v) is 30.1. The number of carbonyl (C=O) groups is 4. The summed E-state index contributed by atoms with van der Waals surface area (Å²) in [5.41, 5.74) is -2.13. The molecule has 3 saturated heterocycles. The minimum absolute atomic E-state index is 0.00899. The zero-order valence-electron chi connectivity index (χ0n) is 51.5. The van der Waals surface area contributed by atoms with Gasteiger partial charge in [-0.15, -0.1) is 0 Å². The summed E-state index contributed by atoms with van der Waals surface area (Å²) in [6, 6.07) is -1.03. The Morgan fingerprint density at radius 2 is 1.64 bits per heavy atom. The highest BCUT2D eigenvalue weighted by Gasteiger charge is 2.51. The predicted molar refractivity (Wildman–Crippen MR) is 304 cm³/mol. The second-order valence-corrected chi connectivity index (χ2v) is 25.8. The molecule has 0 amide bonds. The third-order valence-corrected chi connectivity index (χ3v) is 18.5. The van der Waals surface area contributed by atoms with Crippen LogP contribution in [0.1, 0.15) is 154 Å². The summed E-state index contributed by atoms with van der Waals surface area (Å²) >= 11 is 0. The average Bonchev–Trinajstić information content (AvgIpc) is 3.38. The summed E-state index contributed by atoms with van der Waals surface area (Å²) in [5, 5.41) is 47.6. The Hall–Kier alpha value is -3.46. The SMILES string of the molecule is C=C(CCC(=O)O[C@H]1CC(=O)O[C@H](CCC2[C@@H]3C(=C[C@H](C)CC3OC(=O)[C@@H](C)CC)C=C[C@@H]2C)C1)OCCN(C)[C@@H]1C[C@@H](C)O[C@@H](O[C@@H]2[C@@H](C)[C@H](O)[C@@H](C)C(=O)O[C@H](CC)[C@@](C)(O)[C@H](O)[C@@H](C)N(C)C[C@H](C)C[C@@]2(C)O)[C@H]1N(C)C. The summed E-state index contributed by atoms with van der Waals surface area (Å²) in [4.78, 5) is 59.1. The number of cyclic esters (lactones) is 2. The molecule has 5 rings (SSSR count). The molecule has 4 N–H and O–H groups in total. The Labute approximate surface area is 479 Å². The van der Waals surface area contributed by atoms with Crippen LogP contribution in [0.5, 0.6) is 0 Å². The fraction of sp³-hybridized carbons (Fsp3) is 0.839. The Morgan fingerprint density at radius 1 is 0.950 bits per heavy atom. The molecular formula is C62H105N3O15. The molecule has 0 aromatic carbocycles. The van der Waals surface area contributed by atoms with E-state index >= 15 is 0 Å². The molecule has 0 aromatic rings. The van der Waals surface area contributed by atoms with E-state index in [1.165, 1.54) is 12.5 Å². The number of likely N-dealkylation sites (N-methyl/N-ethyl adjacent to an activating group) is 3. The number of aliphatic hydroxyl groups is 4. The number of aliphatic hydroxyl groups excluding tert-OH is 2. The van der Waals surface area contributed by atoms with Crippen LogP contribution in [-0.4, -0.2) is 191 Å². The number of hydrogen-bond donors (Lipinski definition) is 4. The average molecular weight is 1130 g/mol. The second-order valence-electron chi connectivity index (χ2n) is 25.8. The van der Waals surface area contributed by atoms with Gasteiger partial charge in [0.25, 0.3) is 0 Å². The van der Waals surface area contributed by atoms with Gasteiger partial charge in [-0.2, -0.15) is 0 Å². The van der Waals surface area contributed by atoms with Crippen LogP contribution in [-0.2, 0) is 52.3 Å². The van der Waals surface area contributed by atoms with Crippen molar-refractivity contribution in [2.24, 2.45) is 47.3 Å². The van der Waals surface area contributed by atoms with Gasteiger partial charge in [0.1, 0.15) is 42.7 Å². The van der Waals surface area contributed by atoms with E-state index in [9.17, 15) is 39.6 Å². The number of nitrogens with zero attached hydrogens (tertiary/aromatic N) is 3. The molecule has 3 heterocycles. The van der Waals surface area contributed by atoms with Crippen LogP contribution in [0.3, 0.4) is 0 Å². The molecule has 0 radical (unpaired) electrons. The Balaban J connectivity index is 1.17. The molecule has 3 fully saturated rings. The lowest BCUT2D eigenvalue weighted by Gasteiger charge is -2.50. The Bertz CT molecular complexity index is 2120. The van der Waals surface area contributed by atoms with Gasteiger partial charge in [0, 0.05) is 49.9 Å². The van der Waals surface area contributed by atoms with Crippen LogP contribution in [0, 0.1) is 47.3 Å². The van der Waals surface area contributed by atoms with E-state index in [2.05, 4.69) is 43.6 Å². The fourth-order valence-corrected chi connectivity index (χ4v) is 13.5. The first-order chi connectivity index (χ1) is 37.4. The van der Waals surface area contributed by atoms with Crippen molar-refractivity contribution in [3.05, 3.63) is 36.1 Å². The van der Waals surface area contributed by atoms with Gasteiger partial charge in [-0.1, -0.05) is 73.3 Å². The van der Waals surface area contributed by atoms with E-state index in [0.29, 0.717) is 38.1 Å². The number of fused-ring (bicyclic) bond motifs is 1. The maximum absolute atomic E-state index is 13.8. The highest BCUT2D eigenvalue weighted by Crippen LogP contribution is 2.46. The normalized spacial score (nSPS) is 40.1. The van der Waals surface area contributed by atoms with Gasteiger partial charge in [0.15, 0.2) is 6.29 Å². The number of ether oxygens (including phenoxy) is 7. The Kier molecular flexibility index (Phi) is 24.7. The van der Waals surface area contributed by atoms with Crippen molar-refractivity contribution in [1.29, 1.82) is 0 Å². The van der Waals surface area contributed by atoms with Crippen LogP contribution in [0.25, 0.3) is 0 Å². The van der Waals surface area contributed by atoms with Crippen molar-refractivity contribution >= 4 is 23.9 Å². The van der Waals surface area contributed by atoms with Crippen molar-refractivity contribution in [3.63, 3.8) is 0 Å². The van der Waals surface area contributed by atoms with Crippen LogP contribution in [0.4, 0.5) is 0 Å².